The van der Waals surface area contributed by atoms with Crippen LogP contribution in [0.2, 0.25) is 5.02 Å². The van der Waals surface area contributed by atoms with Crippen LogP contribution in [0.15, 0.2) is 18.2 Å². The minimum Gasteiger partial charge on any atom is -0.388 e. The van der Waals surface area contributed by atoms with Crippen LogP contribution in [-0.2, 0) is 0 Å². The fourth-order valence-corrected chi connectivity index (χ4v) is 1.51. The van der Waals surface area contributed by atoms with Crippen molar-refractivity contribution in [1.82, 2.24) is 0 Å². The van der Waals surface area contributed by atoms with Gasteiger partial charge in [-0.25, -0.2) is 4.39 Å². The maximum absolute atomic E-state index is 13.4. The van der Waals surface area contributed by atoms with Crippen LogP contribution in [0.4, 0.5) is 4.39 Å². The van der Waals surface area contributed by atoms with E-state index in [1.54, 1.807) is 12.1 Å². The van der Waals surface area contributed by atoms with Gasteiger partial charge in [-0.3, -0.25) is 0 Å². The first-order valence-electron chi connectivity index (χ1n) is 4.78. The molecular weight excluding hydrogens is 203 g/mol. The number of rotatable bonds is 4. The van der Waals surface area contributed by atoms with Crippen molar-refractivity contribution in [3.63, 3.8) is 0 Å². The molecule has 0 saturated carbocycles. The third kappa shape index (κ3) is 2.69. The predicted octanol–water partition coefficient (Wildman–Crippen LogP) is 3.70. The quantitative estimate of drug-likeness (QED) is 0.814. The summed E-state index contributed by atoms with van der Waals surface area (Å²) >= 11 is 5.61. The average Bonchev–Trinajstić information content (AvgIpc) is 2.18. The van der Waals surface area contributed by atoms with Crippen LogP contribution in [0.3, 0.4) is 0 Å². The number of aliphatic hydroxyl groups excluding tert-OH is 1. The lowest BCUT2D eigenvalue weighted by molar-refractivity contribution is 0.159. The molecule has 0 saturated heterocycles. The standard InChI is InChI=1S/C11H14ClFO/c1-2-3-7-10(14)8-5-4-6-9(12)11(8)13/h4-6,10,14H,2-3,7H2,1H3. The Balaban J connectivity index is 2.79. The normalized spacial score (nSPS) is 12.9. The second kappa shape index (κ2) is 5.32. The Hall–Kier alpha value is -0.600. The highest BCUT2D eigenvalue weighted by Crippen LogP contribution is 2.26. The van der Waals surface area contributed by atoms with E-state index in [1.807, 2.05) is 6.92 Å². The lowest BCUT2D eigenvalue weighted by atomic mass is 10.0. The van der Waals surface area contributed by atoms with Crippen molar-refractivity contribution in [2.45, 2.75) is 32.3 Å². The summed E-state index contributed by atoms with van der Waals surface area (Å²) in [5.74, 6) is -0.502. The average molecular weight is 217 g/mol. The molecule has 0 spiro atoms. The molecule has 1 aromatic rings. The Morgan fingerprint density at radius 2 is 2.21 bits per heavy atom. The molecule has 1 atom stereocenters. The Kier molecular flexibility index (Phi) is 4.36. The summed E-state index contributed by atoms with van der Waals surface area (Å²) in [6.45, 7) is 2.03. The van der Waals surface area contributed by atoms with Crippen molar-refractivity contribution in [2.75, 3.05) is 0 Å². The van der Waals surface area contributed by atoms with Gasteiger partial charge in [-0.05, 0) is 12.5 Å². The third-order valence-corrected chi connectivity index (χ3v) is 2.46. The maximum atomic E-state index is 13.4. The van der Waals surface area contributed by atoms with Gasteiger partial charge in [0.2, 0.25) is 0 Å². The van der Waals surface area contributed by atoms with Gasteiger partial charge in [-0.1, -0.05) is 43.5 Å². The van der Waals surface area contributed by atoms with Gasteiger partial charge in [0.25, 0.3) is 0 Å². The van der Waals surface area contributed by atoms with E-state index in [1.165, 1.54) is 6.07 Å². The van der Waals surface area contributed by atoms with Crippen molar-refractivity contribution < 1.29 is 9.50 Å². The number of halogens is 2. The molecule has 0 radical (unpaired) electrons. The molecular formula is C11H14ClFO. The zero-order valence-corrected chi connectivity index (χ0v) is 8.89. The van der Waals surface area contributed by atoms with Gasteiger partial charge in [-0.2, -0.15) is 0 Å². The Labute approximate surface area is 88.5 Å². The summed E-state index contributed by atoms with van der Waals surface area (Å²) in [5.41, 5.74) is 0.297. The topological polar surface area (TPSA) is 20.2 Å². The lowest BCUT2D eigenvalue weighted by Crippen LogP contribution is -2.00. The fraction of sp³-hybridized carbons (Fsp3) is 0.455. The van der Waals surface area contributed by atoms with E-state index in [0.717, 1.165) is 12.8 Å². The molecule has 0 aromatic heterocycles. The summed E-state index contributed by atoms with van der Waals surface area (Å²) in [6, 6.07) is 4.70. The van der Waals surface area contributed by atoms with E-state index < -0.39 is 11.9 Å². The van der Waals surface area contributed by atoms with Crippen molar-refractivity contribution in [3.8, 4) is 0 Å². The second-order valence-corrected chi connectivity index (χ2v) is 3.71. The van der Waals surface area contributed by atoms with Crippen LogP contribution >= 0.6 is 11.6 Å². The minimum atomic E-state index is -0.742. The molecule has 1 aromatic carbocycles. The molecule has 1 unspecified atom stereocenters. The Morgan fingerprint density at radius 3 is 2.86 bits per heavy atom. The zero-order valence-electron chi connectivity index (χ0n) is 8.13. The van der Waals surface area contributed by atoms with E-state index in [4.69, 9.17) is 11.6 Å². The summed E-state index contributed by atoms with van der Waals surface area (Å²) in [4.78, 5) is 0. The monoisotopic (exact) mass is 216 g/mol. The molecule has 0 aliphatic rings. The predicted molar refractivity (Wildman–Crippen MR) is 55.9 cm³/mol. The van der Waals surface area contributed by atoms with Gasteiger partial charge in [0.15, 0.2) is 0 Å². The molecule has 78 valence electrons. The van der Waals surface area contributed by atoms with Gasteiger partial charge in [-0.15, -0.1) is 0 Å². The number of hydrogen-bond donors (Lipinski definition) is 1. The number of hydrogen-bond acceptors (Lipinski definition) is 1. The smallest absolute Gasteiger partial charge is 0.147 e. The molecule has 0 bridgehead atoms. The van der Waals surface area contributed by atoms with Crippen LogP contribution in [-0.4, -0.2) is 5.11 Å². The van der Waals surface area contributed by atoms with Crippen molar-refractivity contribution in [3.05, 3.63) is 34.6 Å². The highest BCUT2D eigenvalue weighted by Gasteiger charge is 2.13. The van der Waals surface area contributed by atoms with Gasteiger partial charge in [0.05, 0.1) is 11.1 Å². The molecule has 0 heterocycles. The van der Waals surface area contributed by atoms with Crippen LogP contribution in [0.1, 0.15) is 37.9 Å². The van der Waals surface area contributed by atoms with Crippen molar-refractivity contribution >= 4 is 11.6 Å². The van der Waals surface area contributed by atoms with E-state index in [0.29, 0.717) is 12.0 Å². The van der Waals surface area contributed by atoms with E-state index in [2.05, 4.69) is 0 Å². The fourth-order valence-electron chi connectivity index (χ4n) is 1.33. The van der Waals surface area contributed by atoms with E-state index in [-0.39, 0.29) is 5.02 Å². The van der Waals surface area contributed by atoms with Gasteiger partial charge in [0, 0.05) is 5.56 Å². The Bertz CT molecular complexity index is 301. The summed E-state index contributed by atoms with van der Waals surface area (Å²) in [7, 11) is 0. The molecule has 0 fully saturated rings. The van der Waals surface area contributed by atoms with Crippen LogP contribution in [0.25, 0.3) is 0 Å². The number of benzene rings is 1. The van der Waals surface area contributed by atoms with Gasteiger partial charge in [0.1, 0.15) is 5.82 Å². The number of unbranched alkanes of at least 4 members (excludes halogenated alkanes) is 1. The maximum Gasteiger partial charge on any atom is 0.147 e. The highest BCUT2D eigenvalue weighted by atomic mass is 35.5. The van der Waals surface area contributed by atoms with Crippen molar-refractivity contribution in [2.24, 2.45) is 0 Å². The first-order valence-corrected chi connectivity index (χ1v) is 5.16. The van der Waals surface area contributed by atoms with Gasteiger partial charge < -0.3 is 5.11 Å². The first-order chi connectivity index (χ1) is 6.66. The third-order valence-electron chi connectivity index (χ3n) is 2.17. The summed E-state index contributed by atoms with van der Waals surface area (Å²) in [6.07, 6.45) is 1.70. The van der Waals surface area contributed by atoms with Crippen molar-refractivity contribution in [1.29, 1.82) is 0 Å². The minimum absolute atomic E-state index is 0.0676. The highest BCUT2D eigenvalue weighted by molar-refractivity contribution is 6.30. The summed E-state index contributed by atoms with van der Waals surface area (Å²) in [5, 5.41) is 9.73. The second-order valence-electron chi connectivity index (χ2n) is 3.30. The first kappa shape index (κ1) is 11.5. The molecule has 0 amide bonds. The largest absolute Gasteiger partial charge is 0.388 e. The van der Waals surface area contributed by atoms with Gasteiger partial charge >= 0.3 is 0 Å². The van der Waals surface area contributed by atoms with Crippen LogP contribution in [0, 0.1) is 5.82 Å². The van der Waals surface area contributed by atoms with Crippen LogP contribution < -0.4 is 0 Å². The molecule has 1 N–H and O–H groups in total. The molecule has 3 heteroatoms. The SMILES string of the molecule is CCCCC(O)c1cccc(Cl)c1F. The molecule has 14 heavy (non-hydrogen) atoms. The zero-order chi connectivity index (χ0) is 10.6. The summed E-state index contributed by atoms with van der Waals surface area (Å²) < 4.78 is 13.4. The lowest BCUT2D eigenvalue weighted by Gasteiger charge is -2.11. The van der Waals surface area contributed by atoms with Crippen LogP contribution in [0.5, 0.6) is 0 Å². The molecule has 0 aliphatic heterocycles. The Morgan fingerprint density at radius 1 is 1.50 bits per heavy atom. The number of aliphatic hydroxyl groups is 1. The molecule has 1 nitrogen and oxygen atoms in total. The molecule has 1 rings (SSSR count). The molecule has 0 aliphatic carbocycles. The van der Waals surface area contributed by atoms with E-state index >= 15 is 0 Å². The van der Waals surface area contributed by atoms with E-state index in [9.17, 15) is 9.50 Å².